The Morgan fingerprint density at radius 3 is 1.39 bits per heavy atom. The van der Waals surface area contributed by atoms with Gasteiger partial charge in [0.1, 0.15) is 85.5 Å². The number of fused-ring (bicyclic) bond motifs is 2. The van der Waals surface area contributed by atoms with Crippen molar-refractivity contribution in [1.29, 1.82) is 0 Å². The smallest absolute Gasteiger partial charge is 0.344 e. The van der Waals surface area contributed by atoms with Crippen LogP contribution >= 0.6 is 15.9 Å². The number of carbonyl (C=O) groups is 2. The van der Waals surface area contributed by atoms with Crippen molar-refractivity contribution in [2.24, 2.45) is 0 Å². The summed E-state index contributed by atoms with van der Waals surface area (Å²) in [5.41, 5.74) is 0.0280. The number of phenols is 5. The van der Waals surface area contributed by atoms with E-state index >= 15 is 0 Å². The number of alkyl halides is 1. The van der Waals surface area contributed by atoms with Crippen molar-refractivity contribution in [1.82, 2.24) is 0 Å². The average Bonchev–Trinajstić information content (AvgIpc) is 3.10. The first kappa shape index (κ1) is 43.3. The lowest BCUT2D eigenvalue weighted by atomic mass is 10.0. The summed E-state index contributed by atoms with van der Waals surface area (Å²) < 4.78 is 26.1. The van der Waals surface area contributed by atoms with Crippen LogP contribution in [0.3, 0.4) is 0 Å². The molecule has 0 radical (unpaired) electrons. The average molecular weight is 850 g/mol. The lowest BCUT2D eigenvalue weighted by molar-refractivity contribution is -0.157. The molecule has 14 nitrogen and oxygen atoms in total. The van der Waals surface area contributed by atoms with Crippen LogP contribution in [0.4, 0.5) is 0 Å². The Hall–Kier alpha value is -6.48. The third-order valence-corrected chi connectivity index (χ3v) is 7.79. The molecule has 0 spiro atoms. The summed E-state index contributed by atoms with van der Waals surface area (Å²) in [6.07, 6.45) is 2.52. The van der Waals surface area contributed by atoms with Gasteiger partial charge in [0, 0.05) is 24.3 Å². The Labute approximate surface area is 334 Å². The monoisotopic (exact) mass is 848 g/mol. The SMILES string of the molecule is CC(C)(C)OC(=O)CBr.CC(C)(C)OC(=O)COc1ccc(-c2coc3cc(O)cc(O)c3c2=O)cc1.O=c1c(-c2ccc(O)cc2)coc2cc(O)cc(O)c12. The predicted molar refractivity (Wildman–Crippen MR) is 215 cm³/mol. The number of ether oxygens (including phenoxy) is 3. The third-order valence-electron chi connectivity index (χ3n) is 7.33. The molecule has 5 N–H and O–H groups in total. The molecule has 2 heterocycles. The predicted octanol–water partition coefficient (Wildman–Crippen LogP) is 7.89. The summed E-state index contributed by atoms with van der Waals surface area (Å²) in [6, 6.07) is 17.2. The molecule has 0 fully saturated rings. The Morgan fingerprint density at radius 1 is 0.596 bits per heavy atom. The van der Waals surface area contributed by atoms with Crippen LogP contribution in [-0.2, 0) is 19.1 Å². The van der Waals surface area contributed by atoms with Crippen molar-refractivity contribution in [3.05, 3.63) is 106 Å². The summed E-state index contributed by atoms with van der Waals surface area (Å²) in [5.74, 6) is -1.26. The highest BCUT2D eigenvalue weighted by Crippen LogP contribution is 2.31. The molecule has 0 amide bonds. The number of aromatic hydroxyl groups is 5. The lowest BCUT2D eigenvalue weighted by Gasteiger charge is -2.19. The van der Waals surface area contributed by atoms with Gasteiger partial charge in [0.2, 0.25) is 10.9 Å². The van der Waals surface area contributed by atoms with Crippen LogP contribution in [0.15, 0.2) is 104 Å². The minimum atomic E-state index is -0.587. The van der Waals surface area contributed by atoms with Gasteiger partial charge in [0.25, 0.3) is 0 Å². The molecule has 300 valence electrons. The molecular formula is C42H41BrO14. The van der Waals surface area contributed by atoms with E-state index in [2.05, 4.69) is 15.9 Å². The number of halogens is 1. The first-order valence-electron chi connectivity index (χ1n) is 17.1. The summed E-state index contributed by atoms with van der Waals surface area (Å²) in [5, 5.41) is 48.1. The molecule has 15 heteroatoms. The van der Waals surface area contributed by atoms with Gasteiger partial charge in [-0.15, -0.1) is 0 Å². The van der Waals surface area contributed by atoms with Crippen LogP contribution in [0.5, 0.6) is 34.5 Å². The first-order chi connectivity index (χ1) is 26.6. The molecule has 0 aliphatic heterocycles. The second-order valence-electron chi connectivity index (χ2n) is 14.3. The van der Waals surface area contributed by atoms with Gasteiger partial charge in [-0.25, -0.2) is 4.79 Å². The third kappa shape index (κ3) is 12.0. The van der Waals surface area contributed by atoms with Crippen molar-refractivity contribution in [3.63, 3.8) is 0 Å². The molecule has 6 aromatic rings. The van der Waals surface area contributed by atoms with Crippen LogP contribution in [0.1, 0.15) is 41.5 Å². The van der Waals surface area contributed by atoms with E-state index in [0.717, 1.165) is 12.1 Å². The van der Waals surface area contributed by atoms with Gasteiger partial charge in [-0.2, -0.15) is 0 Å². The zero-order chi connectivity index (χ0) is 42.2. The summed E-state index contributed by atoms with van der Waals surface area (Å²) in [7, 11) is 0. The maximum absolute atomic E-state index is 12.7. The lowest BCUT2D eigenvalue weighted by Crippen LogP contribution is -2.27. The van der Waals surface area contributed by atoms with Gasteiger partial charge in [0.15, 0.2) is 6.61 Å². The Balaban J connectivity index is 0.000000215. The number of esters is 2. The Bertz CT molecular complexity index is 2490. The normalized spacial score (nSPS) is 11.1. The van der Waals surface area contributed by atoms with E-state index < -0.39 is 22.4 Å². The zero-order valence-electron chi connectivity index (χ0n) is 31.8. The number of hydrogen-bond donors (Lipinski definition) is 5. The molecular weight excluding hydrogens is 808 g/mol. The zero-order valence-corrected chi connectivity index (χ0v) is 33.4. The molecule has 0 atom stereocenters. The quantitative estimate of drug-likeness (QED) is 0.0794. The van der Waals surface area contributed by atoms with E-state index in [4.69, 9.17) is 23.0 Å². The van der Waals surface area contributed by atoms with Crippen LogP contribution in [0, 0.1) is 0 Å². The molecule has 0 unspecified atom stereocenters. The van der Waals surface area contributed by atoms with Gasteiger partial charge >= 0.3 is 11.9 Å². The minimum absolute atomic E-state index is 0.00775. The highest BCUT2D eigenvalue weighted by Gasteiger charge is 2.18. The number of hydrogen-bond acceptors (Lipinski definition) is 14. The van der Waals surface area contributed by atoms with E-state index in [9.17, 15) is 44.7 Å². The number of phenolic OH excluding ortho intramolecular Hbond substituents is 5. The van der Waals surface area contributed by atoms with E-state index in [-0.39, 0.29) is 85.3 Å². The molecule has 6 rings (SSSR count). The number of carbonyl (C=O) groups excluding carboxylic acids is 2. The van der Waals surface area contributed by atoms with Crippen LogP contribution in [0.2, 0.25) is 0 Å². The topological polar surface area (TPSA) is 223 Å². The van der Waals surface area contributed by atoms with Crippen LogP contribution in [0.25, 0.3) is 44.2 Å². The van der Waals surface area contributed by atoms with Crippen molar-refractivity contribution >= 4 is 49.8 Å². The Morgan fingerprint density at radius 2 is 1.00 bits per heavy atom. The van der Waals surface area contributed by atoms with Crippen molar-refractivity contribution in [3.8, 4) is 56.8 Å². The minimum Gasteiger partial charge on any atom is -0.508 e. The number of benzene rings is 4. The molecule has 4 aromatic carbocycles. The first-order valence-corrected chi connectivity index (χ1v) is 18.2. The molecule has 0 saturated carbocycles. The van der Waals surface area contributed by atoms with Crippen molar-refractivity contribution in [2.45, 2.75) is 52.7 Å². The fourth-order valence-corrected chi connectivity index (χ4v) is 5.20. The van der Waals surface area contributed by atoms with Gasteiger partial charge in [-0.05, 0) is 76.9 Å². The molecule has 2 aromatic heterocycles. The van der Waals surface area contributed by atoms with Crippen molar-refractivity contribution in [2.75, 3.05) is 11.9 Å². The largest absolute Gasteiger partial charge is 0.508 e. The maximum Gasteiger partial charge on any atom is 0.344 e. The fourth-order valence-electron chi connectivity index (χ4n) is 5.09. The molecule has 57 heavy (non-hydrogen) atoms. The van der Waals surface area contributed by atoms with Gasteiger partial charge in [-0.1, -0.05) is 40.2 Å². The number of rotatable bonds is 6. The summed E-state index contributed by atoms with van der Waals surface area (Å²) >= 11 is 2.99. The van der Waals surface area contributed by atoms with Crippen LogP contribution in [-0.4, -0.2) is 60.6 Å². The Kier molecular flexibility index (Phi) is 13.6. The van der Waals surface area contributed by atoms with E-state index in [1.165, 1.54) is 36.8 Å². The van der Waals surface area contributed by atoms with Crippen molar-refractivity contribution < 1.29 is 58.2 Å². The second kappa shape index (κ2) is 18.0. The van der Waals surface area contributed by atoms with E-state index in [1.807, 2.05) is 20.8 Å². The van der Waals surface area contributed by atoms with Crippen LogP contribution < -0.4 is 15.6 Å². The maximum atomic E-state index is 12.7. The summed E-state index contributed by atoms with van der Waals surface area (Å²) in [6.45, 7) is 10.6. The molecule has 0 aliphatic carbocycles. The molecule has 0 aliphatic rings. The van der Waals surface area contributed by atoms with Gasteiger partial charge in [-0.3, -0.25) is 14.4 Å². The summed E-state index contributed by atoms with van der Waals surface area (Å²) in [4.78, 5) is 47.3. The standard InChI is InChI=1S/C21H20O7.C15H10O5.C6H11BrO2/c1-21(2,3)28-18(24)11-26-14-6-4-12(5-7-14)15-10-27-17-9-13(22)8-16(23)19(17)20(15)25;16-9-3-1-8(2-4-9)11-7-20-13-6-10(17)5-12(18)14(13)15(11)19;1-6(2,3)9-5(8)4-7/h4-10,22-23H,11H2,1-3H3;1-7,16-18H;4H2,1-3H3. The van der Waals surface area contributed by atoms with Gasteiger partial charge < -0.3 is 48.6 Å². The molecule has 0 saturated heterocycles. The second-order valence-corrected chi connectivity index (χ2v) is 14.9. The van der Waals surface area contributed by atoms with E-state index in [1.54, 1.807) is 57.2 Å². The highest BCUT2D eigenvalue weighted by molar-refractivity contribution is 9.09. The molecule has 0 bridgehead atoms. The fraction of sp³-hybridized carbons (Fsp3) is 0.238. The van der Waals surface area contributed by atoms with E-state index in [0.29, 0.717) is 16.9 Å². The highest BCUT2D eigenvalue weighted by atomic mass is 79.9. The van der Waals surface area contributed by atoms with Gasteiger partial charge in [0.05, 0.1) is 11.1 Å².